The van der Waals surface area contributed by atoms with Crippen molar-refractivity contribution in [3.63, 3.8) is 0 Å². The fraction of sp³-hybridized carbons (Fsp3) is 0.625. The summed E-state index contributed by atoms with van der Waals surface area (Å²) in [6.07, 6.45) is 4.70. The van der Waals surface area contributed by atoms with Crippen LogP contribution in [0.1, 0.15) is 45.6 Å². The second-order valence-corrected chi connectivity index (χ2v) is 6.17. The molecule has 0 amide bonds. The van der Waals surface area contributed by atoms with Crippen LogP contribution in [0.3, 0.4) is 0 Å². The minimum absolute atomic E-state index is 0.491. The Bertz CT molecular complexity index is 379. The molecule has 0 bridgehead atoms. The highest BCUT2D eigenvalue weighted by Crippen LogP contribution is 2.24. The molecule has 0 radical (unpaired) electrons. The van der Waals surface area contributed by atoms with E-state index in [4.69, 9.17) is 23.2 Å². The molecule has 1 rings (SSSR count). The van der Waals surface area contributed by atoms with E-state index in [1.54, 1.807) is 0 Å². The van der Waals surface area contributed by atoms with E-state index in [0.29, 0.717) is 11.1 Å². The van der Waals surface area contributed by atoms with Crippen molar-refractivity contribution in [2.24, 2.45) is 5.92 Å². The Kier molecular flexibility index (Phi) is 7.82. The Labute approximate surface area is 127 Å². The minimum atomic E-state index is 0.491. The van der Waals surface area contributed by atoms with Gasteiger partial charge in [0.15, 0.2) is 0 Å². The van der Waals surface area contributed by atoms with E-state index >= 15 is 0 Å². The Hall–Kier alpha value is -0.240. The van der Waals surface area contributed by atoms with Crippen molar-refractivity contribution in [1.82, 2.24) is 5.32 Å². The van der Waals surface area contributed by atoms with Crippen LogP contribution >= 0.6 is 23.2 Å². The smallest absolute Gasteiger partial charge is 0.0453 e. The van der Waals surface area contributed by atoms with Gasteiger partial charge in [-0.15, -0.1) is 0 Å². The molecule has 1 aromatic carbocycles. The van der Waals surface area contributed by atoms with Crippen LogP contribution in [0.5, 0.6) is 0 Å². The number of benzene rings is 1. The SMILES string of the molecule is CCCC(C)CC(Cc1ccc(Cl)cc1Cl)NCC. The maximum atomic E-state index is 6.26. The summed E-state index contributed by atoms with van der Waals surface area (Å²) in [5.74, 6) is 0.750. The van der Waals surface area contributed by atoms with Gasteiger partial charge in [0.25, 0.3) is 0 Å². The maximum absolute atomic E-state index is 6.26. The van der Waals surface area contributed by atoms with Crippen LogP contribution in [0.2, 0.25) is 10.0 Å². The Morgan fingerprint density at radius 1 is 1.21 bits per heavy atom. The molecule has 0 aliphatic heterocycles. The third-order valence-electron chi connectivity index (χ3n) is 3.44. The van der Waals surface area contributed by atoms with Crippen LogP contribution in [0.25, 0.3) is 0 Å². The summed E-state index contributed by atoms with van der Waals surface area (Å²) >= 11 is 12.2. The quantitative estimate of drug-likeness (QED) is 0.683. The summed E-state index contributed by atoms with van der Waals surface area (Å²) in [5, 5.41) is 5.05. The monoisotopic (exact) mass is 301 g/mol. The summed E-state index contributed by atoms with van der Waals surface area (Å²) in [6, 6.07) is 6.28. The standard InChI is InChI=1S/C16H25Cl2N/c1-4-6-12(3)9-15(19-5-2)10-13-7-8-14(17)11-16(13)18/h7-8,11-12,15,19H,4-6,9-10H2,1-3H3. The molecule has 0 saturated carbocycles. The predicted octanol–water partition coefficient (Wildman–Crippen LogP) is 5.34. The first kappa shape index (κ1) is 16.8. The summed E-state index contributed by atoms with van der Waals surface area (Å²) in [6.45, 7) is 7.72. The molecule has 0 aliphatic carbocycles. The topological polar surface area (TPSA) is 12.0 Å². The fourth-order valence-electron chi connectivity index (χ4n) is 2.58. The summed E-state index contributed by atoms with van der Waals surface area (Å²) in [7, 11) is 0. The van der Waals surface area contributed by atoms with E-state index in [2.05, 4.69) is 26.1 Å². The molecule has 0 spiro atoms. The average Bonchev–Trinajstić information content (AvgIpc) is 2.33. The molecular weight excluding hydrogens is 277 g/mol. The molecule has 1 aromatic rings. The molecule has 19 heavy (non-hydrogen) atoms. The van der Waals surface area contributed by atoms with Gasteiger partial charge in [-0.2, -0.15) is 0 Å². The van der Waals surface area contributed by atoms with Crippen molar-refractivity contribution in [3.8, 4) is 0 Å². The third-order valence-corrected chi connectivity index (χ3v) is 4.03. The lowest BCUT2D eigenvalue weighted by molar-refractivity contribution is 0.385. The number of halogens is 2. The van der Waals surface area contributed by atoms with Gasteiger partial charge in [0.05, 0.1) is 0 Å². The van der Waals surface area contributed by atoms with Gasteiger partial charge < -0.3 is 5.32 Å². The van der Waals surface area contributed by atoms with Crippen molar-refractivity contribution in [2.45, 2.75) is 52.5 Å². The fourth-order valence-corrected chi connectivity index (χ4v) is 3.06. The second kappa shape index (κ2) is 8.84. The molecule has 0 aliphatic rings. The van der Waals surface area contributed by atoms with Gasteiger partial charge in [-0.3, -0.25) is 0 Å². The molecule has 1 nitrogen and oxygen atoms in total. The molecule has 0 heterocycles. The lowest BCUT2D eigenvalue weighted by atomic mass is 9.93. The average molecular weight is 302 g/mol. The molecule has 0 fully saturated rings. The van der Waals surface area contributed by atoms with E-state index in [9.17, 15) is 0 Å². The van der Waals surface area contributed by atoms with E-state index < -0.39 is 0 Å². The van der Waals surface area contributed by atoms with E-state index in [0.717, 1.165) is 23.9 Å². The van der Waals surface area contributed by atoms with Crippen LogP contribution < -0.4 is 5.32 Å². The molecule has 0 saturated heterocycles. The van der Waals surface area contributed by atoms with Crippen molar-refractivity contribution in [1.29, 1.82) is 0 Å². The van der Waals surface area contributed by atoms with Crippen molar-refractivity contribution >= 4 is 23.2 Å². The van der Waals surface area contributed by atoms with Gasteiger partial charge in [0, 0.05) is 16.1 Å². The number of hydrogen-bond donors (Lipinski definition) is 1. The molecule has 108 valence electrons. The highest BCUT2D eigenvalue weighted by Gasteiger charge is 2.14. The first-order chi connectivity index (χ1) is 9.06. The first-order valence-electron chi connectivity index (χ1n) is 7.24. The molecule has 3 heteroatoms. The zero-order valence-corrected chi connectivity index (χ0v) is 13.7. The van der Waals surface area contributed by atoms with Gasteiger partial charge in [0.1, 0.15) is 0 Å². The van der Waals surface area contributed by atoms with Gasteiger partial charge in [-0.1, -0.05) is 62.9 Å². The van der Waals surface area contributed by atoms with E-state index in [1.165, 1.54) is 24.8 Å². The normalized spacial score (nSPS) is 14.4. The zero-order chi connectivity index (χ0) is 14.3. The highest BCUT2D eigenvalue weighted by molar-refractivity contribution is 6.35. The van der Waals surface area contributed by atoms with Gasteiger partial charge >= 0.3 is 0 Å². The van der Waals surface area contributed by atoms with Gasteiger partial charge in [0.2, 0.25) is 0 Å². The molecule has 2 atom stereocenters. The first-order valence-corrected chi connectivity index (χ1v) is 7.99. The van der Waals surface area contributed by atoms with E-state index in [1.807, 2.05) is 18.2 Å². The van der Waals surface area contributed by atoms with Gasteiger partial charge in [-0.25, -0.2) is 0 Å². The van der Waals surface area contributed by atoms with Crippen molar-refractivity contribution < 1.29 is 0 Å². The maximum Gasteiger partial charge on any atom is 0.0453 e. The van der Waals surface area contributed by atoms with Crippen LogP contribution in [0.15, 0.2) is 18.2 Å². The minimum Gasteiger partial charge on any atom is -0.314 e. The summed E-state index contributed by atoms with van der Waals surface area (Å²) in [5.41, 5.74) is 1.18. The number of nitrogens with one attached hydrogen (secondary N) is 1. The molecular formula is C16H25Cl2N. The second-order valence-electron chi connectivity index (χ2n) is 5.32. The van der Waals surface area contributed by atoms with Crippen LogP contribution in [0, 0.1) is 5.92 Å². The Morgan fingerprint density at radius 3 is 2.53 bits per heavy atom. The third kappa shape index (κ3) is 6.16. The van der Waals surface area contributed by atoms with Crippen molar-refractivity contribution in [2.75, 3.05) is 6.54 Å². The van der Waals surface area contributed by atoms with Crippen LogP contribution in [0.4, 0.5) is 0 Å². The molecule has 1 N–H and O–H groups in total. The highest BCUT2D eigenvalue weighted by atomic mass is 35.5. The number of likely N-dealkylation sites (N-methyl/N-ethyl adjacent to an activating group) is 1. The zero-order valence-electron chi connectivity index (χ0n) is 12.2. The predicted molar refractivity (Wildman–Crippen MR) is 86.3 cm³/mol. The molecule has 0 aromatic heterocycles. The number of rotatable bonds is 8. The summed E-state index contributed by atoms with van der Waals surface area (Å²) < 4.78 is 0. The van der Waals surface area contributed by atoms with E-state index in [-0.39, 0.29) is 0 Å². The van der Waals surface area contributed by atoms with Crippen molar-refractivity contribution in [3.05, 3.63) is 33.8 Å². The lowest BCUT2D eigenvalue weighted by Crippen LogP contribution is -2.32. The van der Waals surface area contributed by atoms with Gasteiger partial charge in [-0.05, 0) is 43.0 Å². The lowest BCUT2D eigenvalue weighted by Gasteiger charge is -2.22. The van der Waals surface area contributed by atoms with Crippen LogP contribution in [-0.2, 0) is 6.42 Å². The Balaban J connectivity index is 2.66. The summed E-state index contributed by atoms with van der Waals surface area (Å²) in [4.78, 5) is 0. The largest absolute Gasteiger partial charge is 0.314 e. The van der Waals surface area contributed by atoms with Crippen LogP contribution in [-0.4, -0.2) is 12.6 Å². The number of hydrogen-bond acceptors (Lipinski definition) is 1. The Morgan fingerprint density at radius 2 is 1.95 bits per heavy atom. The molecule has 2 unspecified atom stereocenters.